The summed E-state index contributed by atoms with van der Waals surface area (Å²) in [5.41, 5.74) is -1.32. The summed E-state index contributed by atoms with van der Waals surface area (Å²) in [7, 11) is 0. The number of hydrogen-bond acceptors (Lipinski definition) is 4. The van der Waals surface area contributed by atoms with Gasteiger partial charge in [-0.05, 0) is 24.1 Å². The molecule has 0 aromatic heterocycles. The van der Waals surface area contributed by atoms with Gasteiger partial charge in [0.1, 0.15) is 17.7 Å². The highest BCUT2D eigenvalue weighted by molar-refractivity contribution is 5.96. The van der Waals surface area contributed by atoms with E-state index in [-0.39, 0.29) is 31.1 Å². The predicted octanol–water partition coefficient (Wildman–Crippen LogP) is 1.67. The summed E-state index contributed by atoms with van der Waals surface area (Å²) < 4.78 is 26.7. The molecule has 0 unspecified atom stereocenters. The van der Waals surface area contributed by atoms with Gasteiger partial charge < -0.3 is 15.5 Å². The van der Waals surface area contributed by atoms with Crippen LogP contribution in [0.5, 0.6) is 0 Å². The van der Waals surface area contributed by atoms with E-state index in [4.69, 9.17) is 5.11 Å². The van der Waals surface area contributed by atoms with Gasteiger partial charge in [0.25, 0.3) is 0 Å². The standard InChI is InChI=1S/C17H23F2NO4/c1-10(8-20-16(24)15(23)17(2,3)9-21)6-14(22)12-7-11(18)4-5-13(12)19/h4-5,7,10,15,21,23H,6,8-9H2,1-3H3,(H,20,24)/t10-,15+/m1/s1. The maximum atomic E-state index is 13.5. The van der Waals surface area contributed by atoms with E-state index in [0.29, 0.717) is 0 Å². The topological polar surface area (TPSA) is 86.6 Å². The zero-order valence-corrected chi connectivity index (χ0v) is 14.0. The molecule has 3 N–H and O–H groups in total. The molecule has 0 bridgehead atoms. The van der Waals surface area contributed by atoms with Crippen LogP contribution in [0, 0.1) is 23.0 Å². The predicted molar refractivity (Wildman–Crippen MR) is 84.4 cm³/mol. The van der Waals surface area contributed by atoms with Gasteiger partial charge in [-0.15, -0.1) is 0 Å². The third-order valence-corrected chi connectivity index (χ3v) is 3.78. The number of hydrogen-bond donors (Lipinski definition) is 3. The molecule has 134 valence electrons. The van der Waals surface area contributed by atoms with Crippen molar-refractivity contribution in [3.05, 3.63) is 35.4 Å². The summed E-state index contributed by atoms with van der Waals surface area (Å²) >= 11 is 0. The fourth-order valence-corrected chi connectivity index (χ4v) is 2.02. The molecule has 0 spiro atoms. The Morgan fingerprint density at radius 1 is 1.29 bits per heavy atom. The maximum absolute atomic E-state index is 13.5. The average molecular weight is 343 g/mol. The molecule has 1 rings (SSSR count). The SMILES string of the molecule is C[C@@H](CNC(=O)[C@H](O)C(C)(C)CO)CC(=O)c1cc(F)ccc1F. The van der Waals surface area contributed by atoms with Crippen LogP contribution in [0.1, 0.15) is 37.6 Å². The van der Waals surface area contributed by atoms with Crippen molar-refractivity contribution in [3.8, 4) is 0 Å². The summed E-state index contributed by atoms with van der Waals surface area (Å²) in [5, 5.41) is 21.5. The number of nitrogens with one attached hydrogen (secondary N) is 1. The number of rotatable bonds is 8. The van der Waals surface area contributed by atoms with Gasteiger partial charge in [0.2, 0.25) is 5.91 Å². The minimum absolute atomic E-state index is 0.0832. The summed E-state index contributed by atoms with van der Waals surface area (Å²) in [6, 6.07) is 2.67. The molecule has 0 heterocycles. The number of ketones is 1. The second-order valence-electron chi connectivity index (χ2n) is 6.65. The number of Topliss-reactive ketones (excluding diaryl/α,β-unsaturated/α-hetero) is 1. The van der Waals surface area contributed by atoms with Gasteiger partial charge in [0.05, 0.1) is 12.2 Å². The van der Waals surface area contributed by atoms with E-state index in [2.05, 4.69) is 5.32 Å². The van der Waals surface area contributed by atoms with E-state index < -0.39 is 34.8 Å². The molecule has 0 aliphatic heterocycles. The maximum Gasteiger partial charge on any atom is 0.249 e. The van der Waals surface area contributed by atoms with Gasteiger partial charge in [-0.1, -0.05) is 20.8 Å². The van der Waals surface area contributed by atoms with Crippen molar-refractivity contribution in [1.82, 2.24) is 5.32 Å². The number of amides is 1. The Balaban J connectivity index is 2.57. The highest BCUT2D eigenvalue weighted by Gasteiger charge is 2.33. The zero-order valence-electron chi connectivity index (χ0n) is 14.0. The van der Waals surface area contributed by atoms with E-state index in [1.54, 1.807) is 6.92 Å². The molecular weight excluding hydrogens is 320 g/mol. The second kappa shape index (κ2) is 8.30. The molecule has 5 nitrogen and oxygen atoms in total. The van der Waals surface area contributed by atoms with Crippen LogP contribution in [-0.2, 0) is 4.79 Å². The average Bonchev–Trinajstić information content (AvgIpc) is 2.53. The number of benzene rings is 1. The van der Waals surface area contributed by atoms with Crippen LogP contribution >= 0.6 is 0 Å². The quantitative estimate of drug-likeness (QED) is 0.627. The summed E-state index contributed by atoms with van der Waals surface area (Å²) in [4.78, 5) is 23.9. The van der Waals surface area contributed by atoms with Crippen LogP contribution in [0.2, 0.25) is 0 Å². The Labute approximate surface area is 139 Å². The van der Waals surface area contributed by atoms with Crippen molar-refractivity contribution in [3.63, 3.8) is 0 Å². The zero-order chi connectivity index (χ0) is 18.5. The van der Waals surface area contributed by atoms with E-state index in [1.807, 2.05) is 0 Å². The van der Waals surface area contributed by atoms with Crippen LogP contribution < -0.4 is 5.32 Å². The summed E-state index contributed by atoms with van der Waals surface area (Å²) in [6.45, 7) is 4.46. The minimum Gasteiger partial charge on any atom is -0.396 e. The molecule has 1 amide bonds. The van der Waals surface area contributed by atoms with Crippen molar-refractivity contribution in [2.24, 2.45) is 11.3 Å². The van der Waals surface area contributed by atoms with Crippen molar-refractivity contribution in [2.75, 3.05) is 13.2 Å². The highest BCUT2D eigenvalue weighted by Crippen LogP contribution is 2.20. The number of carbonyl (C=O) groups excluding carboxylic acids is 2. The van der Waals surface area contributed by atoms with Crippen LogP contribution in [0.25, 0.3) is 0 Å². The van der Waals surface area contributed by atoms with E-state index >= 15 is 0 Å². The van der Waals surface area contributed by atoms with Gasteiger partial charge in [-0.2, -0.15) is 0 Å². The first kappa shape index (κ1) is 20.2. The lowest BCUT2D eigenvalue weighted by atomic mass is 9.87. The molecule has 2 atom stereocenters. The molecule has 7 heteroatoms. The molecule has 0 saturated heterocycles. The number of carbonyl (C=O) groups is 2. The van der Waals surface area contributed by atoms with Crippen molar-refractivity contribution >= 4 is 11.7 Å². The van der Waals surface area contributed by atoms with Crippen molar-refractivity contribution in [1.29, 1.82) is 0 Å². The van der Waals surface area contributed by atoms with Crippen molar-refractivity contribution < 1.29 is 28.6 Å². The highest BCUT2D eigenvalue weighted by atomic mass is 19.1. The molecule has 0 aliphatic rings. The second-order valence-corrected chi connectivity index (χ2v) is 6.65. The number of aliphatic hydroxyl groups is 2. The van der Waals surface area contributed by atoms with E-state index in [9.17, 15) is 23.5 Å². The molecule has 0 radical (unpaired) electrons. The lowest BCUT2D eigenvalue weighted by molar-refractivity contribution is -0.137. The summed E-state index contributed by atoms with van der Waals surface area (Å²) in [5.74, 6) is -3.06. The van der Waals surface area contributed by atoms with Gasteiger partial charge in [0.15, 0.2) is 5.78 Å². The molecule has 0 aliphatic carbocycles. The summed E-state index contributed by atoms with van der Waals surface area (Å²) in [6.07, 6.45) is -1.48. The molecule has 1 aromatic rings. The van der Waals surface area contributed by atoms with Crippen molar-refractivity contribution in [2.45, 2.75) is 33.3 Å². The van der Waals surface area contributed by atoms with Crippen LogP contribution in [0.4, 0.5) is 8.78 Å². The number of aliphatic hydroxyl groups excluding tert-OH is 2. The first-order valence-corrected chi connectivity index (χ1v) is 7.63. The van der Waals surface area contributed by atoms with Gasteiger partial charge in [-0.3, -0.25) is 9.59 Å². The number of halogens is 2. The monoisotopic (exact) mass is 343 g/mol. The Kier molecular flexibility index (Phi) is 6.98. The fourth-order valence-electron chi connectivity index (χ4n) is 2.02. The molecular formula is C17H23F2NO4. The molecule has 1 aromatic carbocycles. The van der Waals surface area contributed by atoms with Crippen LogP contribution in [-0.4, -0.2) is 41.2 Å². The van der Waals surface area contributed by atoms with Gasteiger partial charge in [-0.25, -0.2) is 8.78 Å². The smallest absolute Gasteiger partial charge is 0.249 e. The van der Waals surface area contributed by atoms with Gasteiger partial charge in [0, 0.05) is 18.4 Å². The largest absolute Gasteiger partial charge is 0.396 e. The first-order valence-electron chi connectivity index (χ1n) is 7.63. The Bertz CT molecular complexity index is 604. The minimum atomic E-state index is -1.40. The van der Waals surface area contributed by atoms with Gasteiger partial charge >= 0.3 is 0 Å². The molecule has 24 heavy (non-hydrogen) atoms. The molecule has 0 saturated carbocycles. The Morgan fingerprint density at radius 2 is 1.92 bits per heavy atom. The Morgan fingerprint density at radius 3 is 2.50 bits per heavy atom. The van der Waals surface area contributed by atoms with E-state index in [0.717, 1.165) is 18.2 Å². The first-order chi connectivity index (χ1) is 11.1. The van der Waals surface area contributed by atoms with Crippen LogP contribution in [0.3, 0.4) is 0 Å². The lowest BCUT2D eigenvalue weighted by Crippen LogP contribution is -2.46. The van der Waals surface area contributed by atoms with Crippen LogP contribution in [0.15, 0.2) is 18.2 Å². The molecule has 0 fully saturated rings. The Hall–Kier alpha value is -1.86. The third-order valence-electron chi connectivity index (χ3n) is 3.78. The lowest BCUT2D eigenvalue weighted by Gasteiger charge is -2.27. The fraction of sp³-hybridized carbons (Fsp3) is 0.529. The normalized spacial score (nSPS) is 14.1. The third kappa shape index (κ3) is 5.35. The van der Waals surface area contributed by atoms with E-state index in [1.165, 1.54) is 13.8 Å².